The van der Waals surface area contributed by atoms with E-state index in [0.29, 0.717) is 0 Å². The number of carbonyl (C=O) groups excluding carboxylic acids is 2. The third kappa shape index (κ3) is 4.03. The average Bonchev–Trinajstić information content (AvgIpc) is 2.26. The van der Waals surface area contributed by atoms with E-state index in [-0.39, 0.29) is 14.9 Å². The van der Waals surface area contributed by atoms with Crippen LogP contribution >= 0.6 is 15.9 Å². The van der Waals surface area contributed by atoms with Crippen LogP contribution < -0.4 is 11.1 Å². The van der Waals surface area contributed by atoms with E-state index in [0.717, 1.165) is 12.1 Å². The van der Waals surface area contributed by atoms with Crippen molar-refractivity contribution in [3.05, 3.63) is 28.2 Å². The van der Waals surface area contributed by atoms with Crippen molar-refractivity contribution in [2.45, 2.75) is 4.90 Å². The summed E-state index contributed by atoms with van der Waals surface area (Å²) in [7, 11) is -4.08. The number of urea groups is 1. The molecular formula is C10H9BrN2O6S. The fourth-order valence-corrected chi connectivity index (χ4v) is 2.86. The molecule has 0 aromatic heterocycles. The predicted octanol–water partition coefficient (Wildman–Crippen LogP) is 0.116. The van der Waals surface area contributed by atoms with E-state index in [9.17, 15) is 22.8 Å². The van der Waals surface area contributed by atoms with Gasteiger partial charge in [-0.2, -0.15) is 0 Å². The average molecular weight is 365 g/mol. The van der Waals surface area contributed by atoms with E-state index in [1.165, 1.54) is 6.07 Å². The first kappa shape index (κ1) is 16.1. The first-order chi connectivity index (χ1) is 9.13. The number of carbonyl (C=O) groups is 3. The standard InChI is InChI=1S/C10H9BrN2O6S/c11-7-2-1-5(3-6(7)9(15)16)20(18,19)4-8(14)13-10(12)17/h1-3H,4H2,(H,15,16)(H3,12,13,14,17). The molecule has 0 saturated carbocycles. The van der Waals surface area contributed by atoms with E-state index >= 15 is 0 Å². The number of hydrogen-bond acceptors (Lipinski definition) is 5. The number of carboxylic acid groups (broad SMARTS) is 1. The minimum Gasteiger partial charge on any atom is -0.478 e. The fourth-order valence-electron chi connectivity index (χ4n) is 1.29. The molecular weight excluding hydrogens is 356 g/mol. The SMILES string of the molecule is NC(=O)NC(=O)CS(=O)(=O)c1ccc(Br)c(C(=O)O)c1. The second kappa shape index (κ2) is 6.01. The lowest BCUT2D eigenvalue weighted by molar-refractivity contribution is -0.117. The Morgan fingerprint density at radius 2 is 1.90 bits per heavy atom. The number of benzene rings is 1. The fraction of sp³-hybridized carbons (Fsp3) is 0.100. The van der Waals surface area contributed by atoms with Crippen molar-refractivity contribution in [3.8, 4) is 0 Å². The summed E-state index contributed by atoms with van der Waals surface area (Å²) >= 11 is 2.97. The second-order valence-corrected chi connectivity index (χ2v) is 6.46. The monoisotopic (exact) mass is 364 g/mol. The lowest BCUT2D eigenvalue weighted by Crippen LogP contribution is -2.38. The molecule has 1 aromatic rings. The van der Waals surface area contributed by atoms with Gasteiger partial charge in [-0.1, -0.05) is 0 Å². The summed E-state index contributed by atoms with van der Waals surface area (Å²) in [5.41, 5.74) is 4.42. The van der Waals surface area contributed by atoms with Gasteiger partial charge in [-0.25, -0.2) is 18.0 Å². The van der Waals surface area contributed by atoms with Gasteiger partial charge in [0.1, 0.15) is 5.75 Å². The molecule has 108 valence electrons. The topological polar surface area (TPSA) is 144 Å². The molecule has 8 nitrogen and oxygen atoms in total. The maximum Gasteiger partial charge on any atom is 0.336 e. The Bertz CT molecular complexity index is 685. The molecule has 1 rings (SSSR count). The van der Waals surface area contributed by atoms with Crippen LogP contribution in [0.2, 0.25) is 0 Å². The van der Waals surface area contributed by atoms with Crippen molar-refractivity contribution < 1.29 is 27.9 Å². The molecule has 0 saturated heterocycles. The zero-order chi connectivity index (χ0) is 15.5. The van der Waals surface area contributed by atoms with Crippen molar-refractivity contribution >= 4 is 43.7 Å². The van der Waals surface area contributed by atoms with E-state index in [1.54, 1.807) is 5.32 Å². The Kier molecular flexibility index (Phi) is 4.84. The molecule has 0 bridgehead atoms. The van der Waals surface area contributed by atoms with E-state index in [4.69, 9.17) is 5.11 Å². The number of halogens is 1. The van der Waals surface area contributed by atoms with Crippen LogP contribution in [-0.4, -0.2) is 37.2 Å². The maximum atomic E-state index is 11.9. The summed E-state index contributed by atoms with van der Waals surface area (Å²) in [6.45, 7) is 0. The minimum absolute atomic E-state index is 0.200. The zero-order valence-corrected chi connectivity index (χ0v) is 12.2. The van der Waals surface area contributed by atoms with Crippen molar-refractivity contribution in [1.29, 1.82) is 0 Å². The quantitative estimate of drug-likeness (QED) is 0.691. The van der Waals surface area contributed by atoms with Gasteiger partial charge in [-0.3, -0.25) is 10.1 Å². The zero-order valence-electron chi connectivity index (χ0n) is 9.79. The summed E-state index contributed by atoms with van der Waals surface area (Å²) in [5.74, 6) is -3.44. The smallest absolute Gasteiger partial charge is 0.336 e. The summed E-state index contributed by atoms with van der Waals surface area (Å²) in [6.07, 6.45) is 0. The molecule has 0 fully saturated rings. The number of nitrogens with one attached hydrogen (secondary N) is 1. The number of aromatic carboxylic acids is 1. The number of nitrogens with two attached hydrogens (primary N) is 1. The Morgan fingerprint density at radius 1 is 1.30 bits per heavy atom. The van der Waals surface area contributed by atoms with Gasteiger partial charge >= 0.3 is 12.0 Å². The van der Waals surface area contributed by atoms with Crippen LogP contribution in [-0.2, 0) is 14.6 Å². The Labute approximate surface area is 122 Å². The Hall–Kier alpha value is -1.94. The van der Waals surface area contributed by atoms with Crippen molar-refractivity contribution in [3.63, 3.8) is 0 Å². The minimum atomic E-state index is -4.08. The van der Waals surface area contributed by atoms with E-state index < -0.39 is 33.5 Å². The Balaban J connectivity index is 3.10. The number of sulfone groups is 1. The van der Waals surface area contributed by atoms with E-state index in [2.05, 4.69) is 21.7 Å². The lowest BCUT2D eigenvalue weighted by atomic mass is 10.2. The molecule has 4 N–H and O–H groups in total. The first-order valence-electron chi connectivity index (χ1n) is 4.98. The van der Waals surface area contributed by atoms with Gasteiger partial charge in [0.2, 0.25) is 5.91 Å². The highest BCUT2D eigenvalue weighted by molar-refractivity contribution is 9.10. The number of rotatable bonds is 4. The summed E-state index contributed by atoms with van der Waals surface area (Å²) in [5, 5.41) is 10.5. The third-order valence-electron chi connectivity index (χ3n) is 2.11. The number of imide groups is 1. The van der Waals surface area contributed by atoms with E-state index in [1.807, 2.05) is 0 Å². The molecule has 0 spiro atoms. The number of primary amides is 1. The van der Waals surface area contributed by atoms with Crippen LogP contribution in [0.5, 0.6) is 0 Å². The molecule has 20 heavy (non-hydrogen) atoms. The second-order valence-electron chi connectivity index (χ2n) is 3.62. The van der Waals surface area contributed by atoms with Crippen molar-refractivity contribution in [1.82, 2.24) is 5.32 Å². The molecule has 10 heteroatoms. The van der Waals surface area contributed by atoms with Gasteiger partial charge in [0.05, 0.1) is 10.5 Å². The van der Waals surface area contributed by atoms with Gasteiger partial charge < -0.3 is 10.8 Å². The normalized spacial score (nSPS) is 10.8. The molecule has 0 aliphatic rings. The molecule has 3 amide bonds. The molecule has 0 aliphatic carbocycles. The number of amides is 3. The largest absolute Gasteiger partial charge is 0.478 e. The van der Waals surface area contributed by atoms with Crippen LogP contribution in [0.3, 0.4) is 0 Å². The molecule has 0 radical (unpaired) electrons. The highest BCUT2D eigenvalue weighted by atomic mass is 79.9. The lowest BCUT2D eigenvalue weighted by Gasteiger charge is -2.06. The molecule has 0 heterocycles. The van der Waals surface area contributed by atoms with Crippen LogP contribution in [0.25, 0.3) is 0 Å². The number of hydrogen-bond donors (Lipinski definition) is 3. The highest BCUT2D eigenvalue weighted by Gasteiger charge is 2.22. The Morgan fingerprint density at radius 3 is 2.40 bits per heavy atom. The molecule has 0 unspecified atom stereocenters. The molecule has 0 atom stereocenters. The van der Waals surface area contributed by atoms with Gasteiger partial charge in [0.15, 0.2) is 9.84 Å². The molecule has 1 aromatic carbocycles. The summed E-state index contributed by atoms with van der Waals surface area (Å²) in [6, 6.07) is 2.12. The van der Waals surface area contributed by atoms with Gasteiger partial charge in [0, 0.05) is 4.47 Å². The first-order valence-corrected chi connectivity index (χ1v) is 7.43. The van der Waals surface area contributed by atoms with Crippen LogP contribution in [0.15, 0.2) is 27.6 Å². The summed E-state index contributed by atoms with van der Waals surface area (Å²) < 4.78 is 24.0. The predicted molar refractivity (Wildman–Crippen MR) is 70.9 cm³/mol. The number of carboxylic acids is 1. The van der Waals surface area contributed by atoms with Crippen LogP contribution in [0, 0.1) is 0 Å². The van der Waals surface area contributed by atoms with Crippen molar-refractivity contribution in [2.24, 2.45) is 5.73 Å². The van der Waals surface area contributed by atoms with Gasteiger partial charge in [-0.05, 0) is 34.1 Å². The van der Waals surface area contributed by atoms with Gasteiger partial charge in [0.25, 0.3) is 0 Å². The van der Waals surface area contributed by atoms with Gasteiger partial charge in [-0.15, -0.1) is 0 Å². The highest BCUT2D eigenvalue weighted by Crippen LogP contribution is 2.21. The third-order valence-corrected chi connectivity index (χ3v) is 4.42. The van der Waals surface area contributed by atoms with Crippen molar-refractivity contribution in [2.75, 3.05) is 5.75 Å². The maximum absolute atomic E-state index is 11.9. The summed E-state index contributed by atoms with van der Waals surface area (Å²) in [4.78, 5) is 32.2. The van der Waals surface area contributed by atoms with Crippen LogP contribution in [0.1, 0.15) is 10.4 Å². The molecule has 0 aliphatic heterocycles. The van der Waals surface area contributed by atoms with Crippen LogP contribution in [0.4, 0.5) is 4.79 Å².